The first-order valence-corrected chi connectivity index (χ1v) is 10.2. The minimum absolute atomic E-state index is 0.00830. The number of benzene rings is 2. The molecule has 0 saturated carbocycles. The number of aromatic hydroxyl groups is 1. The van der Waals surface area contributed by atoms with Crippen molar-refractivity contribution in [1.82, 2.24) is 4.90 Å². The molecule has 1 fully saturated rings. The normalized spacial score (nSPS) is 20.8. The van der Waals surface area contributed by atoms with Crippen LogP contribution in [0.5, 0.6) is 11.5 Å². The van der Waals surface area contributed by atoms with Crippen molar-refractivity contribution in [2.24, 2.45) is 5.92 Å². The van der Waals surface area contributed by atoms with Gasteiger partial charge in [-0.1, -0.05) is 24.6 Å². The summed E-state index contributed by atoms with van der Waals surface area (Å²) < 4.78 is 20.1. The van der Waals surface area contributed by atoms with Gasteiger partial charge in [-0.15, -0.1) is 0 Å². The first kappa shape index (κ1) is 19.9. The van der Waals surface area contributed by atoms with Gasteiger partial charge in [-0.2, -0.15) is 0 Å². The van der Waals surface area contributed by atoms with E-state index >= 15 is 0 Å². The number of allylic oxidation sites excluding steroid dienone is 1. The second-order valence-electron chi connectivity index (χ2n) is 7.95. The minimum atomic E-state index is -0.528. The number of carbonyl (C=O) groups is 1. The molecule has 2 aromatic rings. The minimum Gasteiger partial charge on any atom is -0.507 e. The van der Waals surface area contributed by atoms with Gasteiger partial charge in [-0.3, -0.25) is 9.69 Å². The number of halogens is 2. The molecule has 0 radical (unpaired) electrons. The predicted molar refractivity (Wildman–Crippen MR) is 111 cm³/mol. The van der Waals surface area contributed by atoms with Crippen molar-refractivity contribution in [2.75, 3.05) is 13.1 Å². The molecule has 0 amide bonds. The molecule has 4 rings (SSSR count). The summed E-state index contributed by atoms with van der Waals surface area (Å²) in [5.74, 6) is 0.214. The number of nitrogens with zero attached hydrogens (tertiary/aromatic N) is 1. The molecule has 152 valence electrons. The van der Waals surface area contributed by atoms with Crippen LogP contribution in [-0.2, 0) is 6.54 Å². The van der Waals surface area contributed by atoms with Crippen molar-refractivity contribution in [2.45, 2.75) is 33.2 Å². The highest BCUT2D eigenvalue weighted by atomic mass is 35.5. The molecule has 2 aliphatic heterocycles. The van der Waals surface area contributed by atoms with Crippen LogP contribution in [0.2, 0.25) is 5.02 Å². The molecule has 1 atom stereocenters. The van der Waals surface area contributed by atoms with Crippen LogP contribution in [-0.4, -0.2) is 28.9 Å². The maximum Gasteiger partial charge on any atom is 0.232 e. The number of aryl methyl sites for hydroxylation is 1. The van der Waals surface area contributed by atoms with Crippen LogP contribution < -0.4 is 4.74 Å². The number of hydrogen-bond acceptors (Lipinski definition) is 4. The molecule has 2 aromatic carbocycles. The van der Waals surface area contributed by atoms with Crippen molar-refractivity contribution in [3.05, 3.63) is 63.1 Å². The van der Waals surface area contributed by atoms with Gasteiger partial charge >= 0.3 is 0 Å². The zero-order chi connectivity index (χ0) is 20.7. The van der Waals surface area contributed by atoms with E-state index in [-0.39, 0.29) is 27.9 Å². The maximum absolute atomic E-state index is 14.2. The lowest BCUT2D eigenvalue weighted by molar-refractivity contribution is 0.101. The van der Waals surface area contributed by atoms with Gasteiger partial charge < -0.3 is 9.84 Å². The third-order valence-electron chi connectivity index (χ3n) is 5.62. The standard InChI is InChI=1S/C23H23ClFNO3/c1-13-5-4-8-26(11-13)12-16-19(27)9-14(2)21-22(28)20(29-23(16)21)10-15-17(24)6-3-7-18(15)25/h3,6-7,9-10,13,27H,4-5,8,11-12H2,1-2H3/b20-10+. The average molecular weight is 416 g/mol. The van der Waals surface area contributed by atoms with Crippen molar-refractivity contribution >= 4 is 23.5 Å². The number of ether oxygens (including phenoxy) is 1. The Hall–Kier alpha value is -2.37. The van der Waals surface area contributed by atoms with Gasteiger partial charge in [0.15, 0.2) is 5.76 Å². The number of piperidine rings is 1. The zero-order valence-corrected chi connectivity index (χ0v) is 17.2. The number of fused-ring (bicyclic) bond motifs is 1. The fourth-order valence-electron chi connectivity index (χ4n) is 4.17. The Morgan fingerprint density at radius 1 is 1.41 bits per heavy atom. The van der Waals surface area contributed by atoms with Crippen molar-refractivity contribution in [3.8, 4) is 11.5 Å². The van der Waals surface area contributed by atoms with E-state index < -0.39 is 5.82 Å². The molecule has 1 saturated heterocycles. The number of likely N-dealkylation sites (tertiary alicyclic amines) is 1. The van der Waals surface area contributed by atoms with Crippen LogP contribution in [0.15, 0.2) is 30.0 Å². The molecule has 0 aliphatic carbocycles. The quantitative estimate of drug-likeness (QED) is 0.687. The largest absolute Gasteiger partial charge is 0.507 e. The van der Waals surface area contributed by atoms with Crippen LogP contribution in [0.3, 0.4) is 0 Å². The zero-order valence-electron chi connectivity index (χ0n) is 16.5. The fraction of sp³-hybridized carbons (Fsp3) is 0.348. The van der Waals surface area contributed by atoms with Crippen LogP contribution in [0, 0.1) is 18.7 Å². The smallest absolute Gasteiger partial charge is 0.232 e. The number of carbonyl (C=O) groups excluding carboxylic acids is 1. The molecule has 4 nitrogen and oxygen atoms in total. The van der Waals surface area contributed by atoms with E-state index in [1.807, 2.05) is 0 Å². The summed E-state index contributed by atoms with van der Waals surface area (Å²) >= 11 is 6.10. The summed E-state index contributed by atoms with van der Waals surface area (Å²) in [7, 11) is 0. The lowest BCUT2D eigenvalue weighted by Crippen LogP contribution is -2.33. The number of hydrogen-bond donors (Lipinski definition) is 1. The Morgan fingerprint density at radius 2 is 2.21 bits per heavy atom. The van der Waals surface area contributed by atoms with Crippen LogP contribution in [0.1, 0.15) is 46.8 Å². The van der Waals surface area contributed by atoms with Gasteiger partial charge in [-0.05, 0) is 62.1 Å². The molecule has 29 heavy (non-hydrogen) atoms. The summed E-state index contributed by atoms with van der Waals surface area (Å²) in [4.78, 5) is 15.3. The highest BCUT2D eigenvalue weighted by Gasteiger charge is 2.34. The van der Waals surface area contributed by atoms with Gasteiger partial charge in [0.2, 0.25) is 5.78 Å². The second kappa shape index (κ2) is 7.81. The maximum atomic E-state index is 14.2. The monoisotopic (exact) mass is 415 g/mol. The van der Waals surface area contributed by atoms with E-state index in [1.54, 1.807) is 19.1 Å². The highest BCUT2D eigenvalue weighted by Crippen LogP contribution is 2.43. The average Bonchev–Trinajstić information content (AvgIpc) is 2.98. The molecule has 2 heterocycles. The van der Waals surface area contributed by atoms with Crippen LogP contribution in [0.4, 0.5) is 4.39 Å². The van der Waals surface area contributed by atoms with E-state index in [0.29, 0.717) is 34.9 Å². The Bertz CT molecular complexity index is 997. The molecular formula is C23H23ClFNO3. The highest BCUT2D eigenvalue weighted by molar-refractivity contribution is 6.32. The molecule has 0 aromatic heterocycles. The van der Waals surface area contributed by atoms with Gasteiger partial charge in [0, 0.05) is 18.7 Å². The van der Waals surface area contributed by atoms with Gasteiger partial charge in [0.25, 0.3) is 0 Å². The van der Waals surface area contributed by atoms with E-state index in [2.05, 4.69) is 11.8 Å². The molecular weight excluding hydrogens is 393 g/mol. The second-order valence-corrected chi connectivity index (χ2v) is 8.36. The van der Waals surface area contributed by atoms with Gasteiger partial charge in [0.1, 0.15) is 17.3 Å². The number of phenolic OH excluding ortho intramolecular Hbond substituents is 1. The number of rotatable bonds is 3. The summed E-state index contributed by atoms with van der Waals surface area (Å²) in [6, 6.07) is 5.95. The lowest BCUT2D eigenvalue weighted by atomic mass is 9.97. The predicted octanol–water partition coefficient (Wildman–Crippen LogP) is 5.34. The molecule has 6 heteroatoms. The van der Waals surface area contributed by atoms with E-state index in [4.69, 9.17) is 16.3 Å². The Morgan fingerprint density at radius 3 is 2.93 bits per heavy atom. The summed E-state index contributed by atoms with van der Waals surface area (Å²) in [5.41, 5.74) is 1.75. The Balaban J connectivity index is 1.73. The number of Topliss-reactive ketones (excluding diaryl/α,β-unsaturated/α-hetero) is 1. The first-order chi connectivity index (χ1) is 13.8. The molecule has 1 N–H and O–H groups in total. The molecule has 0 bridgehead atoms. The van der Waals surface area contributed by atoms with Crippen LogP contribution >= 0.6 is 11.6 Å². The lowest BCUT2D eigenvalue weighted by Gasteiger charge is -2.31. The Kier molecular flexibility index (Phi) is 5.36. The van der Waals surface area contributed by atoms with Gasteiger partial charge in [-0.25, -0.2) is 4.39 Å². The summed E-state index contributed by atoms with van der Waals surface area (Å²) in [6.07, 6.45) is 3.63. The van der Waals surface area contributed by atoms with Gasteiger partial charge in [0.05, 0.1) is 16.1 Å². The van der Waals surface area contributed by atoms with Crippen molar-refractivity contribution in [1.29, 1.82) is 0 Å². The topological polar surface area (TPSA) is 49.8 Å². The molecule has 2 aliphatic rings. The SMILES string of the molecule is Cc1cc(O)c(CN2CCCC(C)C2)c2c1C(=O)/C(=C\c1c(F)cccc1Cl)O2. The van der Waals surface area contributed by atoms with Crippen molar-refractivity contribution < 1.29 is 19.0 Å². The Labute approximate surface area is 174 Å². The number of phenols is 1. The van der Waals surface area contributed by atoms with E-state index in [9.17, 15) is 14.3 Å². The molecule has 0 spiro atoms. The fourth-order valence-corrected chi connectivity index (χ4v) is 4.38. The number of ketones is 1. The third kappa shape index (κ3) is 3.77. The van der Waals surface area contributed by atoms with Crippen LogP contribution in [0.25, 0.3) is 6.08 Å². The van der Waals surface area contributed by atoms with Crippen molar-refractivity contribution in [3.63, 3.8) is 0 Å². The first-order valence-electron chi connectivity index (χ1n) is 9.81. The van der Waals surface area contributed by atoms with E-state index in [1.165, 1.54) is 24.6 Å². The molecule has 1 unspecified atom stereocenters. The third-order valence-corrected chi connectivity index (χ3v) is 5.95. The summed E-state index contributed by atoms with van der Waals surface area (Å²) in [5, 5.41) is 10.8. The van der Waals surface area contributed by atoms with E-state index in [0.717, 1.165) is 19.5 Å². The summed E-state index contributed by atoms with van der Waals surface area (Å²) in [6.45, 7) is 6.34.